The number of amides is 1. The molecule has 2 fully saturated rings. The summed E-state index contributed by atoms with van der Waals surface area (Å²) < 4.78 is 10.7. The number of ketones is 1. The van der Waals surface area contributed by atoms with Gasteiger partial charge in [-0.25, -0.2) is 0 Å². The Morgan fingerprint density at radius 2 is 1.88 bits per heavy atom. The number of Topliss-reactive ketones (excluding diaryl/α,β-unsaturated/α-hetero) is 1. The van der Waals surface area contributed by atoms with Gasteiger partial charge < -0.3 is 19.5 Å². The number of aromatic nitrogens is 1. The topological polar surface area (TPSA) is 92.2 Å². The highest BCUT2D eigenvalue weighted by molar-refractivity contribution is 6.46. The minimum absolute atomic E-state index is 0.0992. The van der Waals surface area contributed by atoms with Gasteiger partial charge in [0.1, 0.15) is 11.5 Å². The van der Waals surface area contributed by atoms with E-state index in [1.807, 2.05) is 6.92 Å². The molecule has 8 heteroatoms. The first-order chi connectivity index (χ1) is 16.0. The van der Waals surface area contributed by atoms with Crippen molar-refractivity contribution in [1.29, 1.82) is 0 Å². The Balaban J connectivity index is 1.66. The number of hydrogen-bond donors (Lipinski definition) is 1. The lowest BCUT2D eigenvalue weighted by Crippen LogP contribution is -2.38. The molecule has 1 atom stereocenters. The van der Waals surface area contributed by atoms with E-state index in [9.17, 15) is 14.7 Å². The van der Waals surface area contributed by atoms with Gasteiger partial charge in [-0.3, -0.25) is 19.5 Å². The number of carbonyl (C=O) groups excluding carboxylic acids is 2. The van der Waals surface area contributed by atoms with E-state index in [0.29, 0.717) is 31.1 Å². The van der Waals surface area contributed by atoms with Crippen molar-refractivity contribution in [2.24, 2.45) is 0 Å². The molecule has 4 rings (SSSR count). The van der Waals surface area contributed by atoms with Crippen LogP contribution in [0.2, 0.25) is 0 Å². The molecule has 0 spiro atoms. The third kappa shape index (κ3) is 4.77. The molecule has 0 radical (unpaired) electrons. The van der Waals surface area contributed by atoms with Crippen LogP contribution in [0.1, 0.15) is 29.2 Å². The van der Waals surface area contributed by atoms with Crippen LogP contribution in [0, 0.1) is 6.92 Å². The zero-order valence-corrected chi connectivity index (χ0v) is 19.0. The minimum atomic E-state index is -0.672. The van der Waals surface area contributed by atoms with Gasteiger partial charge in [0, 0.05) is 44.1 Å². The highest BCUT2D eigenvalue weighted by Gasteiger charge is 2.45. The summed E-state index contributed by atoms with van der Waals surface area (Å²) in [6, 6.07) is 8.07. The molecule has 1 aromatic carbocycles. The van der Waals surface area contributed by atoms with Crippen molar-refractivity contribution in [2.75, 3.05) is 46.5 Å². The van der Waals surface area contributed by atoms with E-state index in [1.165, 1.54) is 0 Å². The summed E-state index contributed by atoms with van der Waals surface area (Å²) in [6.07, 6.45) is 3.97. The lowest BCUT2D eigenvalue weighted by Gasteiger charge is -2.29. The van der Waals surface area contributed by atoms with E-state index in [0.717, 1.165) is 37.2 Å². The average molecular weight is 452 g/mol. The van der Waals surface area contributed by atoms with Gasteiger partial charge in [-0.2, -0.15) is 0 Å². The van der Waals surface area contributed by atoms with Crippen molar-refractivity contribution < 1.29 is 24.2 Å². The Morgan fingerprint density at radius 1 is 1.15 bits per heavy atom. The zero-order valence-electron chi connectivity index (χ0n) is 19.0. The van der Waals surface area contributed by atoms with Crippen molar-refractivity contribution in [1.82, 2.24) is 14.8 Å². The molecule has 174 valence electrons. The molecule has 2 aromatic rings. The van der Waals surface area contributed by atoms with E-state index < -0.39 is 17.7 Å². The number of ether oxygens (including phenoxy) is 2. The number of carbonyl (C=O) groups is 2. The molecule has 2 aliphatic rings. The van der Waals surface area contributed by atoms with Crippen LogP contribution in [0.15, 0.2) is 48.3 Å². The standard InChI is InChI=1S/C25H29N3O5/c1-17-16-19(4-5-20(17)32-2)23(29)21-22(18-6-8-26-9-7-18)28(25(31)24(21)30)11-3-10-27-12-14-33-15-13-27/h4-9,16,22,29H,3,10-15H2,1-2H3/b23-21+/t22-/m1/s1. The minimum Gasteiger partial charge on any atom is -0.507 e. The molecule has 8 nitrogen and oxygen atoms in total. The number of aryl methyl sites for hydroxylation is 1. The van der Waals surface area contributed by atoms with Crippen LogP contribution >= 0.6 is 0 Å². The van der Waals surface area contributed by atoms with E-state index in [2.05, 4.69) is 9.88 Å². The number of aliphatic hydroxyl groups excluding tert-OH is 1. The third-order valence-corrected chi connectivity index (χ3v) is 6.21. The van der Waals surface area contributed by atoms with Crippen molar-refractivity contribution in [3.8, 4) is 5.75 Å². The fourth-order valence-corrected chi connectivity index (χ4v) is 4.47. The Morgan fingerprint density at radius 3 is 2.55 bits per heavy atom. The van der Waals surface area contributed by atoms with Crippen LogP contribution in [0.4, 0.5) is 0 Å². The smallest absolute Gasteiger partial charge is 0.295 e. The number of methoxy groups -OCH3 is 1. The molecule has 1 aromatic heterocycles. The highest BCUT2D eigenvalue weighted by atomic mass is 16.5. The predicted octanol–water partition coefficient (Wildman–Crippen LogP) is 2.54. The molecular weight excluding hydrogens is 422 g/mol. The number of benzene rings is 1. The maximum absolute atomic E-state index is 13.1. The summed E-state index contributed by atoms with van der Waals surface area (Å²) in [5.41, 5.74) is 2.13. The highest BCUT2D eigenvalue weighted by Crippen LogP contribution is 2.39. The molecule has 0 aliphatic carbocycles. The summed E-state index contributed by atoms with van der Waals surface area (Å²) in [5, 5.41) is 11.2. The van der Waals surface area contributed by atoms with Crippen LogP contribution < -0.4 is 4.74 Å². The number of hydrogen-bond acceptors (Lipinski definition) is 7. The lowest BCUT2D eigenvalue weighted by atomic mass is 9.95. The SMILES string of the molecule is COc1ccc(/C(O)=C2\C(=O)C(=O)N(CCCN3CCOCC3)[C@@H]2c2ccncc2)cc1C. The second kappa shape index (κ2) is 10.1. The molecular formula is C25H29N3O5. The maximum Gasteiger partial charge on any atom is 0.295 e. The van der Waals surface area contributed by atoms with E-state index >= 15 is 0 Å². The normalized spacial score (nSPS) is 20.9. The second-order valence-corrected chi connectivity index (χ2v) is 8.27. The van der Waals surface area contributed by atoms with Gasteiger partial charge in [0.15, 0.2) is 0 Å². The van der Waals surface area contributed by atoms with Crippen LogP contribution in [0.5, 0.6) is 5.75 Å². The molecule has 2 saturated heterocycles. The fraction of sp³-hybridized carbons (Fsp3) is 0.400. The van der Waals surface area contributed by atoms with Crippen molar-refractivity contribution in [3.63, 3.8) is 0 Å². The number of rotatable bonds is 7. The third-order valence-electron chi connectivity index (χ3n) is 6.21. The summed E-state index contributed by atoms with van der Waals surface area (Å²) in [4.78, 5) is 34.1. The first-order valence-electron chi connectivity index (χ1n) is 11.1. The monoisotopic (exact) mass is 451 g/mol. The molecule has 1 N–H and O–H groups in total. The summed E-state index contributed by atoms with van der Waals surface area (Å²) in [5.74, 6) is -0.767. The molecule has 0 bridgehead atoms. The van der Waals surface area contributed by atoms with Crippen LogP contribution in [0.25, 0.3) is 5.76 Å². The van der Waals surface area contributed by atoms with Crippen molar-refractivity contribution in [3.05, 3.63) is 65.0 Å². The average Bonchev–Trinajstić information content (AvgIpc) is 3.10. The number of pyridine rings is 1. The van der Waals surface area contributed by atoms with Crippen molar-refractivity contribution in [2.45, 2.75) is 19.4 Å². The number of morpholine rings is 1. The first-order valence-corrected chi connectivity index (χ1v) is 11.1. The molecule has 33 heavy (non-hydrogen) atoms. The Labute approximate surface area is 193 Å². The van der Waals surface area contributed by atoms with Gasteiger partial charge >= 0.3 is 0 Å². The largest absolute Gasteiger partial charge is 0.507 e. The second-order valence-electron chi connectivity index (χ2n) is 8.27. The summed E-state index contributed by atoms with van der Waals surface area (Å²) in [7, 11) is 1.58. The molecule has 2 aliphatic heterocycles. The summed E-state index contributed by atoms with van der Waals surface area (Å²) in [6.45, 7) is 6.24. The Kier molecular flexibility index (Phi) is 7.05. The predicted molar refractivity (Wildman–Crippen MR) is 123 cm³/mol. The Hall–Kier alpha value is -3.23. The fourth-order valence-electron chi connectivity index (χ4n) is 4.47. The molecule has 1 amide bonds. The number of aliphatic hydroxyl groups is 1. The van der Waals surface area contributed by atoms with Gasteiger partial charge in [-0.1, -0.05) is 0 Å². The molecule has 0 unspecified atom stereocenters. The zero-order chi connectivity index (χ0) is 23.4. The number of likely N-dealkylation sites (tertiary alicyclic amines) is 1. The molecule has 3 heterocycles. The van der Waals surface area contributed by atoms with Gasteiger partial charge in [0.2, 0.25) is 0 Å². The number of nitrogens with zero attached hydrogens (tertiary/aromatic N) is 3. The van der Waals surface area contributed by atoms with Gasteiger partial charge in [0.05, 0.1) is 31.9 Å². The molecule has 0 saturated carbocycles. The van der Waals surface area contributed by atoms with E-state index in [-0.39, 0.29) is 11.3 Å². The summed E-state index contributed by atoms with van der Waals surface area (Å²) >= 11 is 0. The van der Waals surface area contributed by atoms with E-state index in [1.54, 1.807) is 54.7 Å². The quantitative estimate of drug-likeness (QED) is 0.393. The lowest BCUT2D eigenvalue weighted by molar-refractivity contribution is -0.140. The van der Waals surface area contributed by atoms with Crippen molar-refractivity contribution >= 4 is 17.4 Å². The van der Waals surface area contributed by atoms with Gasteiger partial charge in [-0.05, 0) is 54.8 Å². The maximum atomic E-state index is 13.1. The van der Waals surface area contributed by atoms with Crippen LogP contribution in [-0.2, 0) is 14.3 Å². The Bertz CT molecular complexity index is 1050. The first kappa shape index (κ1) is 22.9. The van der Waals surface area contributed by atoms with Gasteiger partial charge in [-0.15, -0.1) is 0 Å². The van der Waals surface area contributed by atoms with Crippen LogP contribution in [0.3, 0.4) is 0 Å². The van der Waals surface area contributed by atoms with Crippen LogP contribution in [-0.4, -0.2) is 78.1 Å². The van der Waals surface area contributed by atoms with E-state index in [4.69, 9.17) is 9.47 Å². The van der Waals surface area contributed by atoms with Gasteiger partial charge in [0.25, 0.3) is 11.7 Å².